The van der Waals surface area contributed by atoms with Gasteiger partial charge < -0.3 is 0 Å². The van der Waals surface area contributed by atoms with Crippen LogP contribution in [0.25, 0.3) is 0 Å². The maximum absolute atomic E-state index is 12.3. The lowest BCUT2D eigenvalue weighted by Gasteiger charge is -2.09. The van der Waals surface area contributed by atoms with E-state index >= 15 is 0 Å². The minimum absolute atomic E-state index is 0.173. The molecule has 0 aliphatic rings. The standard InChI is InChI=1S/C13H14N2O4S3/c1-20-11-5-2-4-10(8-11)15-22(18,19)13-7-3-6-12(9-13)21(14,16)17/h2-9,15H,1H3,(H2,14,16,17). The summed E-state index contributed by atoms with van der Waals surface area (Å²) in [5, 5.41) is 5.01. The molecule has 2 aromatic carbocycles. The van der Waals surface area contributed by atoms with Crippen molar-refractivity contribution >= 4 is 37.5 Å². The molecule has 2 rings (SSSR count). The van der Waals surface area contributed by atoms with E-state index in [9.17, 15) is 16.8 Å². The first kappa shape index (κ1) is 16.8. The number of primary sulfonamides is 1. The Labute approximate surface area is 133 Å². The van der Waals surface area contributed by atoms with Crippen molar-refractivity contribution < 1.29 is 16.8 Å². The highest BCUT2D eigenvalue weighted by molar-refractivity contribution is 7.98. The van der Waals surface area contributed by atoms with Gasteiger partial charge in [-0.05, 0) is 42.7 Å². The number of hydrogen-bond acceptors (Lipinski definition) is 5. The van der Waals surface area contributed by atoms with Crippen molar-refractivity contribution in [2.24, 2.45) is 5.14 Å². The Kier molecular flexibility index (Phi) is 4.81. The second-order valence-electron chi connectivity index (χ2n) is 4.36. The van der Waals surface area contributed by atoms with Crippen LogP contribution in [-0.2, 0) is 20.0 Å². The molecule has 22 heavy (non-hydrogen) atoms. The van der Waals surface area contributed by atoms with Gasteiger partial charge in [-0.15, -0.1) is 11.8 Å². The molecule has 0 aliphatic carbocycles. The van der Waals surface area contributed by atoms with Crippen LogP contribution in [0.3, 0.4) is 0 Å². The van der Waals surface area contributed by atoms with E-state index in [-0.39, 0.29) is 9.79 Å². The molecule has 3 N–H and O–H groups in total. The van der Waals surface area contributed by atoms with Crippen molar-refractivity contribution in [3.63, 3.8) is 0 Å². The minimum atomic E-state index is -3.96. The van der Waals surface area contributed by atoms with Crippen molar-refractivity contribution in [2.45, 2.75) is 14.7 Å². The molecule has 0 aliphatic heterocycles. The van der Waals surface area contributed by atoms with Crippen LogP contribution in [0.15, 0.2) is 63.2 Å². The first-order chi connectivity index (χ1) is 10.2. The predicted octanol–water partition coefficient (Wildman–Crippen LogP) is 1.86. The van der Waals surface area contributed by atoms with Crippen LogP contribution in [0.2, 0.25) is 0 Å². The lowest BCUT2D eigenvalue weighted by atomic mass is 10.3. The molecule has 0 unspecified atom stereocenters. The third kappa shape index (κ3) is 4.01. The zero-order valence-corrected chi connectivity index (χ0v) is 14.0. The second-order valence-corrected chi connectivity index (χ2v) is 8.48. The highest BCUT2D eigenvalue weighted by Gasteiger charge is 2.17. The topological polar surface area (TPSA) is 106 Å². The summed E-state index contributed by atoms with van der Waals surface area (Å²) in [6, 6.07) is 11.8. The van der Waals surface area contributed by atoms with E-state index in [4.69, 9.17) is 5.14 Å². The predicted molar refractivity (Wildman–Crippen MR) is 86.8 cm³/mol. The molecule has 0 spiro atoms. The van der Waals surface area contributed by atoms with Crippen LogP contribution in [0.4, 0.5) is 5.69 Å². The zero-order valence-electron chi connectivity index (χ0n) is 11.6. The number of nitrogens with one attached hydrogen (secondary N) is 1. The summed E-state index contributed by atoms with van der Waals surface area (Å²) >= 11 is 1.48. The summed E-state index contributed by atoms with van der Waals surface area (Å²) in [5.74, 6) is 0. The van der Waals surface area contributed by atoms with E-state index in [0.717, 1.165) is 11.0 Å². The smallest absolute Gasteiger partial charge is 0.261 e. The molecule has 0 fully saturated rings. The van der Waals surface area contributed by atoms with Crippen LogP contribution in [0.1, 0.15) is 0 Å². The van der Waals surface area contributed by atoms with Crippen molar-refractivity contribution in [2.75, 3.05) is 11.0 Å². The van der Waals surface area contributed by atoms with Crippen molar-refractivity contribution in [1.82, 2.24) is 0 Å². The number of thioether (sulfide) groups is 1. The summed E-state index contributed by atoms with van der Waals surface area (Å²) in [6.45, 7) is 0. The van der Waals surface area contributed by atoms with Crippen LogP contribution in [0.5, 0.6) is 0 Å². The van der Waals surface area contributed by atoms with Gasteiger partial charge in [-0.25, -0.2) is 22.0 Å². The molecular weight excluding hydrogens is 344 g/mol. The Morgan fingerprint density at radius 3 is 2.23 bits per heavy atom. The van der Waals surface area contributed by atoms with Gasteiger partial charge in [-0.2, -0.15) is 0 Å². The average Bonchev–Trinajstić information content (AvgIpc) is 2.46. The fourth-order valence-corrected chi connectivity index (χ4v) is 3.91. The fraction of sp³-hybridized carbons (Fsp3) is 0.0769. The monoisotopic (exact) mass is 358 g/mol. The van der Waals surface area contributed by atoms with Gasteiger partial charge in [0.2, 0.25) is 10.0 Å². The van der Waals surface area contributed by atoms with E-state index < -0.39 is 20.0 Å². The third-order valence-corrected chi connectivity index (χ3v) is 5.78. The van der Waals surface area contributed by atoms with Gasteiger partial charge >= 0.3 is 0 Å². The molecule has 0 atom stereocenters. The molecule has 0 bridgehead atoms. The molecule has 0 aromatic heterocycles. The molecule has 2 aromatic rings. The number of sulfonamides is 2. The first-order valence-electron chi connectivity index (χ1n) is 6.02. The lowest BCUT2D eigenvalue weighted by molar-refractivity contribution is 0.597. The molecule has 0 heterocycles. The fourth-order valence-electron chi connectivity index (χ4n) is 1.72. The summed E-state index contributed by atoms with van der Waals surface area (Å²) in [6.07, 6.45) is 1.88. The highest BCUT2D eigenvalue weighted by Crippen LogP contribution is 2.22. The van der Waals surface area contributed by atoms with E-state index in [2.05, 4.69) is 4.72 Å². The molecule has 0 saturated carbocycles. The zero-order chi connectivity index (χ0) is 16.4. The molecule has 0 radical (unpaired) electrons. The second kappa shape index (κ2) is 6.29. The molecule has 0 saturated heterocycles. The van der Waals surface area contributed by atoms with E-state index in [1.165, 1.54) is 30.0 Å². The Morgan fingerprint density at radius 2 is 1.59 bits per heavy atom. The molecule has 9 heteroatoms. The number of rotatable bonds is 5. The summed E-state index contributed by atoms with van der Waals surface area (Å²) in [7, 11) is -7.87. The van der Waals surface area contributed by atoms with Gasteiger partial charge in [-0.3, -0.25) is 4.72 Å². The molecule has 6 nitrogen and oxygen atoms in total. The van der Waals surface area contributed by atoms with Crippen LogP contribution in [0, 0.1) is 0 Å². The van der Waals surface area contributed by atoms with E-state index in [1.807, 2.05) is 12.3 Å². The van der Waals surface area contributed by atoms with Gasteiger partial charge in [-0.1, -0.05) is 12.1 Å². The Bertz CT molecular complexity index is 893. The molecule has 118 valence electrons. The van der Waals surface area contributed by atoms with Gasteiger partial charge in [0.1, 0.15) is 0 Å². The van der Waals surface area contributed by atoms with Crippen molar-refractivity contribution in [1.29, 1.82) is 0 Å². The number of benzene rings is 2. The molecule has 0 amide bonds. The normalized spacial score (nSPS) is 12.1. The summed E-state index contributed by atoms with van der Waals surface area (Å²) in [4.78, 5) is 0.473. The van der Waals surface area contributed by atoms with Crippen LogP contribution >= 0.6 is 11.8 Å². The molecular formula is C13H14N2O4S3. The van der Waals surface area contributed by atoms with Crippen molar-refractivity contribution in [3.8, 4) is 0 Å². The third-order valence-electron chi connectivity index (χ3n) is 2.77. The average molecular weight is 358 g/mol. The van der Waals surface area contributed by atoms with Gasteiger partial charge in [0.05, 0.1) is 9.79 Å². The maximum atomic E-state index is 12.3. The van der Waals surface area contributed by atoms with Gasteiger partial charge in [0.25, 0.3) is 10.0 Å². The largest absolute Gasteiger partial charge is 0.280 e. The van der Waals surface area contributed by atoms with Gasteiger partial charge in [0, 0.05) is 10.6 Å². The SMILES string of the molecule is CSc1cccc(NS(=O)(=O)c2cccc(S(N)(=O)=O)c2)c1. The van der Waals surface area contributed by atoms with Crippen LogP contribution in [-0.4, -0.2) is 23.1 Å². The number of anilines is 1. The Morgan fingerprint density at radius 1 is 0.955 bits per heavy atom. The lowest BCUT2D eigenvalue weighted by Crippen LogP contribution is -2.16. The highest BCUT2D eigenvalue weighted by atomic mass is 32.2. The quantitative estimate of drug-likeness (QED) is 0.794. The summed E-state index contributed by atoms with van der Waals surface area (Å²) in [5.41, 5.74) is 0.396. The summed E-state index contributed by atoms with van der Waals surface area (Å²) < 4.78 is 49.7. The van der Waals surface area contributed by atoms with Gasteiger partial charge in [0.15, 0.2) is 0 Å². The van der Waals surface area contributed by atoms with E-state index in [1.54, 1.807) is 18.2 Å². The first-order valence-corrected chi connectivity index (χ1v) is 10.3. The van der Waals surface area contributed by atoms with Crippen LogP contribution < -0.4 is 9.86 Å². The minimum Gasteiger partial charge on any atom is -0.280 e. The van der Waals surface area contributed by atoms with E-state index in [0.29, 0.717) is 5.69 Å². The maximum Gasteiger partial charge on any atom is 0.261 e. The number of hydrogen-bond donors (Lipinski definition) is 2. The Balaban J connectivity index is 2.38. The Hall–Kier alpha value is -1.55. The van der Waals surface area contributed by atoms with Crippen molar-refractivity contribution in [3.05, 3.63) is 48.5 Å². The number of nitrogens with two attached hydrogens (primary N) is 1.